The molecule has 1 aromatic heterocycles. The summed E-state index contributed by atoms with van der Waals surface area (Å²) in [4.78, 5) is 4.22. The van der Waals surface area contributed by atoms with Crippen molar-refractivity contribution >= 4 is 25.2 Å². The molecule has 0 bridgehead atoms. The fourth-order valence-corrected chi connectivity index (χ4v) is 3.65. The van der Waals surface area contributed by atoms with Crippen LogP contribution in [0.15, 0.2) is 24.3 Å². The van der Waals surface area contributed by atoms with Crippen molar-refractivity contribution in [1.29, 1.82) is 0 Å². The zero-order chi connectivity index (χ0) is 7.68. The van der Waals surface area contributed by atoms with Gasteiger partial charge in [-0.15, -0.1) is 0 Å². The van der Waals surface area contributed by atoms with Crippen LogP contribution in [0.3, 0.4) is 0 Å². The van der Waals surface area contributed by atoms with E-state index in [0.29, 0.717) is 0 Å². The summed E-state index contributed by atoms with van der Waals surface area (Å²) in [6, 6.07) is 7.88. The van der Waals surface area contributed by atoms with Crippen LogP contribution in [0.25, 0.3) is 10.2 Å². The number of fused-ring (bicyclic) bond motifs is 1. The summed E-state index contributed by atoms with van der Waals surface area (Å²) >= 11 is -0.139. The number of hydrogen-bond donors (Lipinski definition) is 0. The minimum atomic E-state index is -1.70. The number of hydrogen-bond acceptors (Lipinski definition) is 3. The molecule has 0 saturated heterocycles. The van der Waals surface area contributed by atoms with Crippen LogP contribution in [0.1, 0.15) is 0 Å². The van der Waals surface area contributed by atoms with Crippen LogP contribution >= 0.6 is 11.3 Å². The van der Waals surface area contributed by atoms with Crippen molar-refractivity contribution in [3.05, 3.63) is 24.3 Å². The maximum absolute atomic E-state index is 10.6. The molecular weight excluding hydrogens is 212 g/mol. The second-order valence-corrected chi connectivity index (χ2v) is 6.42. The third-order valence-electron chi connectivity index (χ3n) is 1.46. The molecule has 0 spiro atoms. The van der Waals surface area contributed by atoms with Gasteiger partial charge >= 0.3 is 75.1 Å². The molecule has 0 radical (unpaired) electrons. The van der Waals surface area contributed by atoms with E-state index in [2.05, 4.69) is 4.98 Å². The van der Waals surface area contributed by atoms with Crippen LogP contribution in [0, 0.1) is 0 Å². The zero-order valence-corrected chi connectivity index (χ0v) is 9.56. The van der Waals surface area contributed by atoms with Gasteiger partial charge in [0.25, 0.3) is 0 Å². The van der Waals surface area contributed by atoms with Crippen molar-refractivity contribution in [2.45, 2.75) is 0 Å². The van der Waals surface area contributed by atoms with Crippen molar-refractivity contribution in [2.75, 3.05) is 0 Å². The van der Waals surface area contributed by atoms with E-state index >= 15 is 0 Å². The molecule has 0 atom stereocenters. The number of aromatic nitrogens is 1. The Bertz CT molecular complexity index is 365. The van der Waals surface area contributed by atoms with Crippen LogP contribution in [-0.4, -0.2) is 4.98 Å². The molecule has 0 N–H and O–H groups in total. The summed E-state index contributed by atoms with van der Waals surface area (Å²) < 4.78 is 12.6. The molecule has 1 heterocycles. The Morgan fingerprint density at radius 1 is 1.36 bits per heavy atom. The number of thiazole rings is 1. The number of para-hydroxylation sites is 1. The Kier molecular flexibility index (Phi) is 1.88. The molecule has 0 saturated carbocycles. The second kappa shape index (κ2) is 2.88. The van der Waals surface area contributed by atoms with Crippen molar-refractivity contribution in [3.63, 3.8) is 0 Å². The summed E-state index contributed by atoms with van der Waals surface area (Å²) in [5.74, 6) is 0. The van der Waals surface area contributed by atoms with Crippen molar-refractivity contribution < 1.29 is 20.7 Å². The number of benzene rings is 1. The van der Waals surface area contributed by atoms with Crippen LogP contribution in [0.5, 0.6) is 0 Å². The average molecular weight is 216 g/mol. The van der Waals surface area contributed by atoms with E-state index < -0.39 is 17.1 Å². The van der Waals surface area contributed by atoms with Gasteiger partial charge in [-0.2, -0.15) is 0 Å². The molecule has 0 aliphatic carbocycles. The first kappa shape index (κ1) is 7.20. The standard InChI is InChI=1S/C7H4NS.O.Zn/c1-2-4-7-6(3-1)8-5-9-7;;/h1-4H;;. The van der Waals surface area contributed by atoms with E-state index in [0.717, 1.165) is 13.8 Å². The quantitative estimate of drug-likeness (QED) is 0.672. The third kappa shape index (κ3) is 1.28. The normalized spacial score (nSPS) is 9.82. The predicted octanol–water partition coefficient (Wildman–Crippen LogP) is 1.35. The summed E-state index contributed by atoms with van der Waals surface area (Å²) in [6.45, 7) is 0. The first-order chi connectivity index (χ1) is 5.40. The van der Waals surface area contributed by atoms with Crippen molar-refractivity contribution in [2.24, 2.45) is 0 Å². The molecule has 0 aliphatic rings. The van der Waals surface area contributed by atoms with E-state index in [1.165, 1.54) is 0 Å². The van der Waals surface area contributed by atoms with E-state index in [1.54, 1.807) is 11.3 Å². The molecule has 0 fully saturated rings. The molecule has 0 aliphatic heterocycles. The first-order valence-corrected chi connectivity index (χ1v) is 6.84. The number of rotatable bonds is 1. The minimum absolute atomic E-state index is 0.860. The van der Waals surface area contributed by atoms with Gasteiger partial charge in [0, 0.05) is 0 Å². The van der Waals surface area contributed by atoms with Gasteiger partial charge in [-0.1, -0.05) is 0 Å². The topological polar surface area (TPSA) is 30.0 Å². The fourth-order valence-electron chi connectivity index (χ4n) is 0.982. The Balaban J connectivity index is 2.78. The summed E-state index contributed by atoms with van der Waals surface area (Å²) in [5, 5.41) is 0. The summed E-state index contributed by atoms with van der Waals surface area (Å²) in [6.07, 6.45) is 0. The SMILES string of the molecule is [O]=[Zn][c]1nc2ccccc2s1. The first-order valence-electron chi connectivity index (χ1n) is 3.33. The van der Waals surface area contributed by atoms with Crippen LogP contribution in [-0.2, 0) is 20.7 Å². The van der Waals surface area contributed by atoms with Crippen molar-refractivity contribution in [3.8, 4) is 0 Å². The molecule has 4 heteroatoms. The molecule has 0 unspecified atom stereocenters. The molecule has 0 amide bonds. The van der Waals surface area contributed by atoms with E-state index in [1.807, 2.05) is 24.3 Å². The molecule has 1 aromatic carbocycles. The van der Waals surface area contributed by atoms with Gasteiger partial charge in [-0.3, -0.25) is 0 Å². The molecular formula is C7H4NOSZn. The summed E-state index contributed by atoms with van der Waals surface area (Å²) in [5.41, 5.74) is 0.981. The van der Waals surface area contributed by atoms with Crippen molar-refractivity contribution in [1.82, 2.24) is 4.98 Å². The maximum atomic E-state index is 10.6. The Morgan fingerprint density at radius 2 is 2.18 bits per heavy atom. The third-order valence-corrected chi connectivity index (χ3v) is 4.72. The van der Waals surface area contributed by atoms with Gasteiger partial charge in [0.05, 0.1) is 0 Å². The Labute approximate surface area is 75.1 Å². The second-order valence-electron chi connectivity index (χ2n) is 2.22. The zero-order valence-electron chi connectivity index (χ0n) is 5.78. The average Bonchev–Trinajstić information content (AvgIpc) is 2.46. The van der Waals surface area contributed by atoms with Crippen LogP contribution in [0.4, 0.5) is 0 Å². The number of nitrogens with zero attached hydrogens (tertiary/aromatic N) is 1. The van der Waals surface area contributed by atoms with E-state index in [-0.39, 0.29) is 0 Å². The molecule has 51 valence electrons. The Morgan fingerprint density at radius 3 is 2.91 bits per heavy atom. The molecule has 2 rings (SSSR count). The fraction of sp³-hybridized carbons (Fsp3) is 0. The predicted molar refractivity (Wildman–Crippen MR) is 39.9 cm³/mol. The van der Waals surface area contributed by atoms with Gasteiger partial charge in [-0.25, -0.2) is 0 Å². The molecule has 2 aromatic rings. The summed E-state index contributed by atoms with van der Waals surface area (Å²) in [7, 11) is 0. The van der Waals surface area contributed by atoms with E-state index in [9.17, 15) is 3.57 Å². The van der Waals surface area contributed by atoms with Gasteiger partial charge in [0.1, 0.15) is 0 Å². The Hall–Kier alpha value is -0.467. The van der Waals surface area contributed by atoms with Gasteiger partial charge in [0.15, 0.2) is 0 Å². The monoisotopic (exact) mass is 214 g/mol. The van der Waals surface area contributed by atoms with Gasteiger partial charge in [0.2, 0.25) is 0 Å². The molecule has 11 heavy (non-hydrogen) atoms. The van der Waals surface area contributed by atoms with Gasteiger partial charge < -0.3 is 0 Å². The van der Waals surface area contributed by atoms with Crippen LogP contribution in [0.2, 0.25) is 0 Å². The van der Waals surface area contributed by atoms with Gasteiger partial charge in [-0.05, 0) is 0 Å². The van der Waals surface area contributed by atoms with Crippen LogP contribution < -0.4 is 3.60 Å². The van der Waals surface area contributed by atoms with E-state index in [4.69, 9.17) is 0 Å². The molecule has 2 nitrogen and oxygen atoms in total.